The highest BCUT2D eigenvalue weighted by atomic mass is 16.5. The van der Waals surface area contributed by atoms with E-state index in [-0.39, 0.29) is 18.4 Å². The average Bonchev–Trinajstić information content (AvgIpc) is 3.19. The topological polar surface area (TPSA) is 98.1 Å². The summed E-state index contributed by atoms with van der Waals surface area (Å²) in [5.74, 6) is 0.366. The zero-order chi connectivity index (χ0) is 20.2. The van der Waals surface area contributed by atoms with Gasteiger partial charge in [-0.2, -0.15) is 0 Å². The second-order valence-electron chi connectivity index (χ2n) is 6.79. The molecule has 0 radical (unpaired) electrons. The molecule has 2 aromatic heterocycles. The molecule has 1 saturated heterocycles. The minimum atomic E-state index is -0.815. The van der Waals surface area contributed by atoms with E-state index < -0.39 is 12.1 Å². The minimum Gasteiger partial charge on any atom is -0.356 e. The number of carbonyl (C=O) groups is 2. The molecular weight excluding hydrogens is 370 g/mol. The first kappa shape index (κ1) is 18.8. The number of ether oxygens (including phenoxy) is 1. The summed E-state index contributed by atoms with van der Waals surface area (Å²) in [7, 11) is 0. The number of morpholine rings is 1. The third-order valence-electron chi connectivity index (χ3n) is 4.82. The largest absolute Gasteiger partial charge is 0.356 e. The first-order valence-corrected chi connectivity index (χ1v) is 9.29. The van der Waals surface area contributed by atoms with E-state index in [1.54, 1.807) is 24.7 Å². The number of rotatable bonds is 5. The molecule has 2 N–H and O–H groups in total. The summed E-state index contributed by atoms with van der Waals surface area (Å²) in [6, 6.07) is 10.9. The van der Waals surface area contributed by atoms with Crippen LogP contribution < -0.4 is 10.6 Å². The highest BCUT2D eigenvalue weighted by Crippen LogP contribution is 2.22. The van der Waals surface area contributed by atoms with Crippen LogP contribution in [-0.2, 0) is 20.9 Å². The van der Waals surface area contributed by atoms with E-state index >= 15 is 0 Å². The Morgan fingerprint density at radius 3 is 2.79 bits per heavy atom. The van der Waals surface area contributed by atoms with Gasteiger partial charge < -0.3 is 19.9 Å². The van der Waals surface area contributed by atoms with E-state index in [1.165, 1.54) is 0 Å². The first-order valence-electron chi connectivity index (χ1n) is 9.29. The van der Waals surface area contributed by atoms with Crippen LogP contribution in [0.5, 0.6) is 0 Å². The molecule has 148 valence electrons. The van der Waals surface area contributed by atoms with Crippen LogP contribution in [0.4, 0.5) is 0 Å². The zero-order valence-corrected chi connectivity index (χ0v) is 15.9. The molecule has 0 bridgehead atoms. The van der Waals surface area contributed by atoms with Crippen molar-refractivity contribution in [3.63, 3.8) is 0 Å². The fourth-order valence-electron chi connectivity index (χ4n) is 3.31. The van der Waals surface area contributed by atoms with Crippen LogP contribution in [0.3, 0.4) is 0 Å². The van der Waals surface area contributed by atoms with Gasteiger partial charge in [0.1, 0.15) is 12.4 Å². The molecule has 0 saturated carbocycles. The number of pyridine rings is 1. The summed E-state index contributed by atoms with van der Waals surface area (Å²) in [6.07, 6.45) is 6.10. The number of hydrogen-bond acceptors (Lipinski definition) is 5. The number of aromatic nitrogens is 3. The summed E-state index contributed by atoms with van der Waals surface area (Å²) in [5.41, 5.74) is 2.68. The van der Waals surface area contributed by atoms with Gasteiger partial charge in [-0.15, -0.1) is 0 Å². The second-order valence-corrected chi connectivity index (χ2v) is 6.79. The van der Waals surface area contributed by atoms with Gasteiger partial charge in [0, 0.05) is 37.0 Å². The molecule has 2 amide bonds. The molecule has 3 heterocycles. The monoisotopic (exact) mass is 391 g/mol. The number of hydrogen-bond donors (Lipinski definition) is 2. The molecule has 1 aromatic carbocycles. The second kappa shape index (κ2) is 8.24. The van der Waals surface area contributed by atoms with Gasteiger partial charge in [0.25, 0.3) is 5.91 Å². The maximum Gasteiger partial charge on any atom is 0.251 e. The van der Waals surface area contributed by atoms with Crippen molar-refractivity contribution in [3.8, 4) is 5.69 Å². The Kier molecular flexibility index (Phi) is 5.35. The van der Waals surface area contributed by atoms with E-state index in [0.717, 1.165) is 22.6 Å². The summed E-state index contributed by atoms with van der Waals surface area (Å²) >= 11 is 0. The van der Waals surface area contributed by atoms with Crippen molar-refractivity contribution in [1.82, 2.24) is 25.2 Å². The Balaban J connectivity index is 1.42. The Morgan fingerprint density at radius 1 is 1.28 bits per heavy atom. The summed E-state index contributed by atoms with van der Waals surface area (Å²) < 4.78 is 7.51. The van der Waals surface area contributed by atoms with Gasteiger partial charge >= 0.3 is 0 Å². The first-order chi connectivity index (χ1) is 14.1. The van der Waals surface area contributed by atoms with Crippen LogP contribution in [0.15, 0.2) is 61.2 Å². The van der Waals surface area contributed by atoms with Crippen molar-refractivity contribution in [2.24, 2.45) is 0 Å². The van der Waals surface area contributed by atoms with Gasteiger partial charge in [0.15, 0.2) is 6.10 Å². The van der Waals surface area contributed by atoms with E-state index in [1.807, 2.05) is 48.0 Å². The lowest BCUT2D eigenvalue weighted by Crippen LogP contribution is -2.52. The van der Waals surface area contributed by atoms with Crippen molar-refractivity contribution in [3.05, 3.63) is 78.1 Å². The summed E-state index contributed by atoms with van der Waals surface area (Å²) in [5, 5.41) is 5.71. The number of carbonyl (C=O) groups excluding carboxylic acids is 2. The number of aryl methyl sites for hydroxylation is 1. The van der Waals surface area contributed by atoms with E-state index in [0.29, 0.717) is 6.54 Å². The lowest BCUT2D eigenvalue weighted by molar-refractivity contribution is -0.148. The Morgan fingerprint density at radius 2 is 2.10 bits per heavy atom. The molecule has 8 heteroatoms. The summed E-state index contributed by atoms with van der Waals surface area (Å²) in [6.45, 7) is 2.15. The Hall–Kier alpha value is -3.52. The van der Waals surface area contributed by atoms with Crippen LogP contribution in [0, 0.1) is 6.92 Å². The fourth-order valence-corrected chi connectivity index (χ4v) is 3.31. The quantitative estimate of drug-likeness (QED) is 0.686. The number of amides is 2. The van der Waals surface area contributed by atoms with Gasteiger partial charge in [-0.25, -0.2) is 4.98 Å². The van der Waals surface area contributed by atoms with Gasteiger partial charge in [-0.3, -0.25) is 14.6 Å². The molecule has 1 aliphatic heterocycles. The van der Waals surface area contributed by atoms with Crippen LogP contribution in [0.25, 0.3) is 5.69 Å². The normalized spacial score (nSPS) is 18.9. The third kappa shape index (κ3) is 4.17. The van der Waals surface area contributed by atoms with E-state index in [9.17, 15) is 9.59 Å². The van der Waals surface area contributed by atoms with Crippen molar-refractivity contribution < 1.29 is 14.3 Å². The van der Waals surface area contributed by atoms with Crippen molar-refractivity contribution in [2.45, 2.75) is 25.6 Å². The lowest BCUT2D eigenvalue weighted by Gasteiger charge is -2.31. The van der Waals surface area contributed by atoms with Gasteiger partial charge in [0.05, 0.1) is 6.04 Å². The van der Waals surface area contributed by atoms with E-state index in [2.05, 4.69) is 20.6 Å². The molecule has 3 aromatic rings. The minimum absolute atomic E-state index is 0.145. The number of nitrogens with zero attached hydrogens (tertiary/aromatic N) is 3. The zero-order valence-electron chi connectivity index (χ0n) is 15.9. The van der Waals surface area contributed by atoms with Crippen molar-refractivity contribution in [1.29, 1.82) is 0 Å². The third-order valence-corrected chi connectivity index (χ3v) is 4.82. The standard InChI is InChI=1S/C21H21N5O3/c1-14-23-9-10-26(14)17-6-4-15(5-7-17)11-24-21(28)20-19(25-18(27)13-29-20)16-3-2-8-22-12-16/h2-10,12,19-20H,11,13H2,1H3,(H,24,28)(H,25,27)/t19-,20+/m1/s1. The predicted octanol–water partition coefficient (Wildman–Crippen LogP) is 1.45. The van der Waals surface area contributed by atoms with Crippen LogP contribution in [0.2, 0.25) is 0 Å². The predicted molar refractivity (Wildman–Crippen MR) is 105 cm³/mol. The molecule has 1 aliphatic rings. The molecule has 29 heavy (non-hydrogen) atoms. The Bertz CT molecular complexity index is 1000. The van der Waals surface area contributed by atoms with Gasteiger partial charge in [-0.05, 0) is 36.2 Å². The van der Waals surface area contributed by atoms with Crippen molar-refractivity contribution in [2.75, 3.05) is 6.61 Å². The smallest absolute Gasteiger partial charge is 0.251 e. The highest BCUT2D eigenvalue weighted by molar-refractivity contribution is 5.86. The number of imidazole rings is 1. The lowest BCUT2D eigenvalue weighted by atomic mass is 10.0. The number of nitrogens with one attached hydrogen (secondary N) is 2. The molecular formula is C21H21N5O3. The maximum absolute atomic E-state index is 12.7. The highest BCUT2D eigenvalue weighted by Gasteiger charge is 2.36. The molecule has 8 nitrogen and oxygen atoms in total. The van der Waals surface area contributed by atoms with Crippen LogP contribution in [-0.4, -0.2) is 39.1 Å². The van der Waals surface area contributed by atoms with Crippen LogP contribution >= 0.6 is 0 Å². The van der Waals surface area contributed by atoms with Gasteiger partial charge in [0.2, 0.25) is 5.91 Å². The molecule has 1 fully saturated rings. The number of benzene rings is 1. The molecule has 4 rings (SSSR count). The van der Waals surface area contributed by atoms with Gasteiger partial charge in [-0.1, -0.05) is 18.2 Å². The van der Waals surface area contributed by atoms with E-state index in [4.69, 9.17) is 4.74 Å². The SMILES string of the molecule is Cc1nccn1-c1ccc(CNC(=O)[C@H]2OCC(=O)N[C@@H]2c2cccnc2)cc1. The fraction of sp³-hybridized carbons (Fsp3) is 0.238. The van der Waals surface area contributed by atoms with Crippen molar-refractivity contribution >= 4 is 11.8 Å². The molecule has 0 aliphatic carbocycles. The molecule has 2 atom stereocenters. The average molecular weight is 391 g/mol. The Labute approximate surface area is 167 Å². The molecule has 0 spiro atoms. The van der Waals surface area contributed by atoms with Crippen LogP contribution in [0.1, 0.15) is 23.0 Å². The summed E-state index contributed by atoms with van der Waals surface area (Å²) in [4.78, 5) is 32.8. The molecule has 0 unspecified atom stereocenters. The maximum atomic E-state index is 12.7.